The van der Waals surface area contributed by atoms with E-state index in [1.54, 1.807) is 23.1 Å². The molecule has 0 radical (unpaired) electrons. The van der Waals surface area contributed by atoms with Crippen molar-refractivity contribution in [2.45, 2.75) is 52.6 Å². The summed E-state index contributed by atoms with van der Waals surface area (Å²) in [5.74, 6) is 1.12. The standard InChI is InChI=1S/C24H36N6O4S/c1-6-18-7-9-20(10-8-18)30(35(25,32)33)22-15-21(26-17-27-22)28(5)16-19-11-13-29(14-12-19)23(31)34-24(2,3)4/h7-10,15,17,19H,6,11-14,16H2,1-5H3,(H2,25,32,33). The van der Waals surface area contributed by atoms with Gasteiger partial charge in [0, 0.05) is 32.7 Å². The Hall–Kier alpha value is -2.92. The number of ether oxygens (including phenoxy) is 1. The SMILES string of the molecule is CCc1ccc(N(c2cc(N(C)CC3CCN(C(=O)OC(C)(C)C)CC3)ncn2)S(N)(=O)=O)cc1. The first kappa shape index (κ1) is 26.7. The maximum absolute atomic E-state index is 12.4. The fraction of sp³-hybridized carbons (Fsp3) is 0.542. The minimum atomic E-state index is -4.11. The second-order valence-electron chi connectivity index (χ2n) is 9.86. The molecule has 2 N–H and O–H groups in total. The molecule has 1 fully saturated rings. The summed E-state index contributed by atoms with van der Waals surface area (Å²) in [7, 11) is -2.21. The van der Waals surface area contributed by atoms with Crippen molar-refractivity contribution < 1.29 is 17.9 Å². The van der Waals surface area contributed by atoms with E-state index in [9.17, 15) is 13.2 Å². The third kappa shape index (κ3) is 7.28. The number of benzene rings is 1. The number of nitrogens with zero attached hydrogens (tertiary/aromatic N) is 5. The smallest absolute Gasteiger partial charge is 0.410 e. The van der Waals surface area contributed by atoms with E-state index in [-0.39, 0.29) is 11.9 Å². The minimum Gasteiger partial charge on any atom is -0.444 e. The highest BCUT2D eigenvalue weighted by molar-refractivity contribution is 7.90. The number of piperidine rings is 1. The number of carbonyl (C=O) groups is 1. The summed E-state index contributed by atoms with van der Waals surface area (Å²) in [6.45, 7) is 9.59. The van der Waals surface area contributed by atoms with E-state index in [1.165, 1.54) is 6.33 Å². The van der Waals surface area contributed by atoms with Gasteiger partial charge in [-0.1, -0.05) is 19.1 Å². The zero-order valence-electron chi connectivity index (χ0n) is 21.1. The number of nitrogens with two attached hydrogens (primary N) is 1. The van der Waals surface area contributed by atoms with Gasteiger partial charge in [-0.05, 0) is 63.6 Å². The molecule has 1 aliphatic rings. The third-order valence-corrected chi connectivity index (χ3v) is 6.78. The van der Waals surface area contributed by atoms with Gasteiger partial charge in [0.1, 0.15) is 17.7 Å². The molecule has 0 saturated carbocycles. The van der Waals surface area contributed by atoms with Gasteiger partial charge >= 0.3 is 16.3 Å². The van der Waals surface area contributed by atoms with Gasteiger partial charge in [0.05, 0.1) is 5.69 Å². The van der Waals surface area contributed by atoms with Gasteiger partial charge in [-0.25, -0.2) is 24.2 Å². The second-order valence-corrected chi connectivity index (χ2v) is 11.3. The molecule has 0 unspecified atom stereocenters. The lowest BCUT2D eigenvalue weighted by Crippen LogP contribution is -2.43. The molecule has 2 heterocycles. The Morgan fingerprint density at radius 1 is 1.14 bits per heavy atom. The number of carbonyl (C=O) groups excluding carboxylic acids is 1. The number of anilines is 3. The first-order valence-corrected chi connectivity index (χ1v) is 13.3. The quantitative estimate of drug-likeness (QED) is 0.613. The molecular weight excluding hydrogens is 468 g/mol. The molecule has 1 aromatic heterocycles. The molecule has 10 nitrogen and oxygen atoms in total. The van der Waals surface area contributed by atoms with E-state index < -0.39 is 15.8 Å². The lowest BCUT2D eigenvalue weighted by molar-refractivity contribution is 0.0186. The summed E-state index contributed by atoms with van der Waals surface area (Å²) in [6, 6.07) is 8.78. The van der Waals surface area contributed by atoms with Crippen molar-refractivity contribution in [2.24, 2.45) is 11.1 Å². The van der Waals surface area contributed by atoms with Crippen LogP contribution in [0.5, 0.6) is 0 Å². The maximum atomic E-state index is 12.4. The highest BCUT2D eigenvalue weighted by Gasteiger charge is 2.28. The number of aromatic nitrogens is 2. The molecule has 0 aliphatic carbocycles. The number of likely N-dealkylation sites (tertiary alicyclic amines) is 1. The van der Waals surface area contributed by atoms with E-state index in [0.29, 0.717) is 37.1 Å². The van der Waals surface area contributed by atoms with Crippen molar-refractivity contribution in [2.75, 3.05) is 35.9 Å². The Labute approximate surface area is 208 Å². The Kier molecular flexibility index (Phi) is 8.22. The van der Waals surface area contributed by atoms with Crippen molar-refractivity contribution >= 4 is 33.6 Å². The van der Waals surface area contributed by atoms with Gasteiger partial charge in [-0.3, -0.25) is 0 Å². The molecule has 1 amide bonds. The van der Waals surface area contributed by atoms with Crippen LogP contribution in [0.2, 0.25) is 0 Å². The average Bonchev–Trinajstić information content (AvgIpc) is 2.78. The Morgan fingerprint density at radius 2 is 1.74 bits per heavy atom. The number of hydrogen-bond acceptors (Lipinski definition) is 7. The molecule has 2 aromatic rings. The number of amides is 1. The lowest BCUT2D eigenvalue weighted by atomic mass is 9.96. The van der Waals surface area contributed by atoms with Crippen LogP contribution in [0.25, 0.3) is 0 Å². The zero-order valence-corrected chi connectivity index (χ0v) is 22.0. The van der Waals surface area contributed by atoms with Crippen molar-refractivity contribution in [3.05, 3.63) is 42.2 Å². The zero-order chi connectivity index (χ0) is 25.8. The van der Waals surface area contributed by atoms with Crippen LogP contribution in [0.15, 0.2) is 36.7 Å². The Balaban J connectivity index is 1.69. The van der Waals surface area contributed by atoms with Gasteiger partial charge < -0.3 is 14.5 Å². The van der Waals surface area contributed by atoms with Crippen LogP contribution in [-0.2, 0) is 21.4 Å². The predicted octanol–water partition coefficient (Wildman–Crippen LogP) is 3.46. The van der Waals surface area contributed by atoms with Crippen LogP contribution in [0.4, 0.5) is 22.1 Å². The minimum absolute atomic E-state index is 0.174. The molecule has 11 heteroatoms. The normalized spacial score (nSPS) is 15.1. The molecular formula is C24H36N6O4S. The maximum Gasteiger partial charge on any atom is 0.410 e. The van der Waals surface area contributed by atoms with Gasteiger partial charge in [-0.15, -0.1) is 0 Å². The molecule has 1 saturated heterocycles. The van der Waals surface area contributed by atoms with Gasteiger partial charge in [-0.2, -0.15) is 8.42 Å². The molecule has 3 rings (SSSR count). The molecule has 1 aliphatic heterocycles. The van der Waals surface area contributed by atoms with Crippen molar-refractivity contribution in [1.29, 1.82) is 0 Å². The van der Waals surface area contributed by atoms with Crippen LogP contribution in [0.3, 0.4) is 0 Å². The Morgan fingerprint density at radius 3 is 2.29 bits per heavy atom. The summed E-state index contributed by atoms with van der Waals surface area (Å²) in [5.41, 5.74) is 0.984. The third-order valence-electron chi connectivity index (χ3n) is 5.87. The molecule has 192 valence electrons. The molecule has 0 atom stereocenters. The molecule has 1 aromatic carbocycles. The summed E-state index contributed by atoms with van der Waals surface area (Å²) in [5, 5.41) is 5.55. The topological polar surface area (TPSA) is 122 Å². The number of hydrogen-bond donors (Lipinski definition) is 1. The van der Waals surface area contributed by atoms with E-state index in [1.807, 2.05) is 51.8 Å². The number of rotatable bonds is 7. The monoisotopic (exact) mass is 504 g/mol. The Bertz CT molecular complexity index is 1110. The molecule has 35 heavy (non-hydrogen) atoms. The lowest BCUT2D eigenvalue weighted by Gasteiger charge is -2.35. The first-order valence-electron chi connectivity index (χ1n) is 11.8. The fourth-order valence-electron chi connectivity index (χ4n) is 4.04. The number of aryl methyl sites for hydroxylation is 1. The first-order chi connectivity index (χ1) is 16.4. The predicted molar refractivity (Wildman–Crippen MR) is 137 cm³/mol. The fourth-order valence-corrected chi connectivity index (χ4v) is 4.82. The van der Waals surface area contributed by atoms with Crippen molar-refractivity contribution in [3.63, 3.8) is 0 Å². The molecule has 0 spiro atoms. The van der Waals surface area contributed by atoms with Crippen LogP contribution >= 0.6 is 0 Å². The summed E-state index contributed by atoms with van der Waals surface area (Å²) >= 11 is 0. The van der Waals surface area contributed by atoms with Crippen LogP contribution in [0, 0.1) is 5.92 Å². The summed E-state index contributed by atoms with van der Waals surface area (Å²) in [4.78, 5) is 24.6. The highest BCUT2D eigenvalue weighted by Crippen LogP contribution is 2.29. The van der Waals surface area contributed by atoms with Crippen molar-refractivity contribution in [1.82, 2.24) is 14.9 Å². The highest BCUT2D eigenvalue weighted by atomic mass is 32.2. The van der Waals surface area contributed by atoms with Crippen LogP contribution in [0.1, 0.15) is 46.1 Å². The summed E-state index contributed by atoms with van der Waals surface area (Å²) in [6.07, 6.45) is 3.59. The second kappa shape index (κ2) is 10.8. The largest absolute Gasteiger partial charge is 0.444 e. The van der Waals surface area contributed by atoms with Gasteiger partial charge in [0.25, 0.3) is 0 Å². The van der Waals surface area contributed by atoms with E-state index in [2.05, 4.69) is 9.97 Å². The molecule has 0 bridgehead atoms. The van der Waals surface area contributed by atoms with Gasteiger partial charge in [0.2, 0.25) is 0 Å². The van der Waals surface area contributed by atoms with Crippen LogP contribution in [-0.4, -0.2) is 61.7 Å². The van der Waals surface area contributed by atoms with E-state index >= 15 is 0 Å². The van der Waals surface area contributed by atoms with Crippen LogP contribution < -0.4 is 14.3 Å². The van der Waals surface area contributed by atoms with Gasteiger partial charge in [0.15, 0.2) is 5.82 Å². The van der Waals surface area contributed by atoms with E-state index in [0.717, 1.165) is 29.1 Å². The van der Waals surface area contributed by atoms with Crippen molar-refractivity contribution in [3.8, 4) is 0 Å². The van der Waals surface area contributed by atoms with E-state index in [4.69, 9.17) is 9.88 Å². The summed E-state index contributed by atoms with van der Waals surface area (Å²) < 4.78 is 31.4. The average molecular weight is 505 g/mol.